The van der Waals surface area contributed by atoms with E-state index in [0.29, 0.717) is 5.69 Å². The maximum Gasteiger partial charge on any atom is 0.416 e. The van der Waals surface area contributed by atoms with Crippen molar-refractivity contribution in [3.63, 3.8) is 0 Å². The van der Waals surface area contributed by atoms with Crippen molar-refractivity contribution in [2.75, 3.05) is 0 Å². The maximum absolute atomic E-state index is 12.8. The molecule has 0 saturated carbocycles. The number of amides is 1. The quantitative estimate of drug-likeness (QED) is 0.787. The lowest BCUT2D eigenvalue weighted by Gasteiger charge is -2.08. The van der Waals surface area contributed by atoms with Gasteiger partial charge in [0.25, 0.3) is 5.91 Å². The van der Waals surface area contributed by atoms with Gasteiger partial charge in [0.2, 0.25) is 0 Å². The minimum atomic E-state index is -4.46. The lowest BCUT2D eigenvalue weighted by molar-refractivity contribution is -0.137. The van der Waals surface area contributed by atoms with Gasteiger partial charge in [-0.25, -0.2) is 4.68 Å². The van der Waals surface area contributed by atoms with E-state index in [1.165, 1.54) is 18.3 Å². The van der Waals surface area contributed by atoms with Crippen LogP contribution in [0.5, 0.6) is 0 Å². The van der Waals surface area contributed by atoms with Gasteiger partial charge in [0.15, 0.2) is 5.69 Å². The summed E-state index contributed by atoms with van der Waals surface area (Å²) in [5, 5.41) is 10.0. The smallest absolute Gasteiger partial charge is 0.345 e. The van der Waals surface area contributed by atoms with Crippen LogP contribution in [0.3, 0.4) is 0 Å². The minimum Gasteiger partial charge on any atom is -0.345 e. The molecule has 3 aromatic rings. The average molecular weight is 347 g/mol. The van der Waals surface area contributed by atoms with Gasteiger partial charge in [-0.05, 0) is 30.3 Å². The van der Waals surface area contributed by atoms with Gasteiger partial charge < -0.3 is 5.32 Å². The Bertz CT molecular complexity index is 877. The molecule has 25 heavy (non-hydrogen) atoms. The Morgan fingerprint density at radius 1 is 1.16 bits per heavy atom. The van der Waals surface area contributed by atoms with E-state index in [4.69, 9.17) is 0 Å². The Morgan fingerprint density at radius 3 is 2.72 bits per heavy atom. The van der Waals surface area contributed by atoms with Crippen LogP contribution < -0.4 is 5.32 Å². The van der Waals surface area contributed by atoms with E-state index in [9.17, 15) is 18.0 Å². The van der Waals surface area contributed by atoms with Crippen LogP contribution in [0.1, 0.15) is 21.7 Å². The molecule has 0 aliphatic rings. The predicted molar refractivity (Wildman–Crippen MR) is 81.8 cm³/mol. The number of carbonyl (C=O) groups is 1. The van der Waals surface area contributed by atoms with Crippen LogP contribution in [0.15, 0.2) is 54.9 Å². The number of hydrogen-bond acceptors (Lipinski definition) is 4. The molecule has 1 amide bonds. The summed E-state index contributed by atoms with van der Waals surface area (Å²) in [6, 6.07) is 9.90. The van der Waals surface area contributed by atoms with Crippen LogP contribution in [-0.2, 0) is 12.7 Å². The number of nitrogens with one attached hydrogen (secondary N) is 1. The van der Waals surface area contributed by atoms with Crippen molar-refractivity contribution in [2.24, 2.45) is 0 Å². The predicted octanol–water partition coefficient (Wildman–Crippen LogP) is 2.61. The fourth-order valence-corrected chi connectivity index (χ4v) is 2.08. The molecule has 0 atom stereocenters. The summed E-state index contributed by atoms with van der Waals surface area (Å²) in [5.41, 5.74) is 0.0159. The SMILES string of the molecule is O=C(NCc1ccccn1)c1cn(-c2cccc(C(F)(F)F)c2)nn1. The largest absolute Gasteiger partial charge is 0.416 e. The van der Waals surface area contributed by atoms with E-state index in [-0.39, 0.29) is 17.9 Å². The molecule has 9 heteroatoms. The summed E-state index contributed by atoms with van der Waals surface area (Å²) in [6.07, 6.45) is -1.59. The van der Waals surface area contributed by atoms with Gasteiger partial charge in [-0.15, -0.1) is 5.10 Å². The summed E-state index contributed by atoms with van der Waals surface area (Å²) in [7, 11) is 0. The van der Waals surface area contributed by atoms with Crippen molar-refractivity contribution in [1.29, 1.82) is 0 Å². The van der Waals surface area contributed by atoms with Gasteiger partial charge in [-0.3, -0.25) is 9.78 Å². The first-order chi connectivity index (χ1) is 11.9. The molecule has 1 N–H and O–H groups in total. The molecule has 0 bridgehead atoms. The number of hydrogen-bond donors (Lipinski definition) is 1. The molecule has 0 unspecified atom stereocenters. The molecule has 0 radical (unpaired) electrons. The zero-order valence-electron chi connectivity index (χ0n) is 12.7. The van der Waals surface area contributed by atoms with Crippen LogP contribution in [0.2, 0.25) is 0 Å². The minimum absolute atomic E-state index is 0.00616. The number of carbonyl (C=O) groups excluding carboxylic acids is 1. The van der Waals surface area contributed by atoms with Gasteiger partial charge >= 0.3 is 6.18 Å². The maximum atomic E-state index is 12.8. The monoisotopic (exact) mass is 347 g/mol. The standard InChI is InChI=1S/C16H12F3N5O/c17-16(18,19)11-4-3-6-13(8-11)24-10-14(22-23-24)15(25)21-9-12-5-1-2-7-20-12/h1-8,10H,9H2,(H,21,25). The normalized spacial score (nSPS) is 11.3. The first-order valence-corrected chi connectivity index (χ1v) is 7.21. The fourth-order valence-electron chi connectivity index (χ4n) is 2.08. The second-order valence-corrected chi connectivity index (χ2v) is 5.10. The van der Waals surface area contributed by atoms with Gasteiger partial charge in [0.1, 0.15) is 0 Å². The summed E-state index contributed by atoms with van der Waals surface area (Å²) in [4.78, 5) is 16.1. The Kier molecular flexibility index (Phi) is 4.46. The second kappa shape index (κ2) is 6.71. The molecule has 1 aromatic carbocycles. The third-order valence-corrected chi connectivity index (χ3v) is 3.32. The second-order valence-electron chi connectivity index (χ2n) is 5.10. The third-order valence-electron chi connectivity index (χ3n) is 3.32. The molecule has 3 rings (SSSR count). The zero-order chi connectivity index (χ0) is 17.9. The highest BCUT2D eigenvalue weighted by molar-refractivity contribution is 5.91. The Balaban J connectivity index is 1.73. The molecule has 6 nitrogen and oxygen atoms in total. The van der Waals surface area contributed by atoms with Crippen LogP contribution >= 0.6 is 0 Å². The third kappa shape index (κ3) is 4.00. The summed E-state index contributed by atoms with van der Waals surface area (Å²) in [6.45, 7) is 0.204. The molecule has 0 spiro atoms. The molecule has 128 valence electrons. The Morgan fingerprint density at radius 2 is 2.00 bits per heavy atom. The number of halogens is 3. The van der Waals surface area contributed by atoms with E-state index in [2.05, 4.69) is 20.6 Å². The number of benzene rings is 1. The van der Waals surface area contributed by atoms with E-state index in [1.54, 1.807) is 24.4 Å². The Labute approximate surface area is 140 Å². The zero-order valence-corrected chi connectivity index (χ0v) is 12.7. The van der Waals surface area contributed by atoms with E-state index < -0.39 is 17.6 Å². The van der Waals surface area contributed by atoms with Crippen molar-refractivity contribution in [1.82, 2.24) is 25.3 Å². The van der Waals surface area contributed by atoms with E-state index >= 15 is 0 Å². The molecular weight excluding hydrogens is 335 g/mol. The van der Waals surface area contributed by atoms with Crippen molar-refractivity contribution >= 4 is 5.91 Å². The highest BCUT2D eigenvalue weighted by Gasteiger charge is 2.30. The van der Waals surface area contributed by atoms with Crippen molar-refractivity contribution in [3.8, 4) is 5.69 Å². The Hall–Kier alpha value is -3.23. The summed E-state index contributed by atoms with van der Waals surface area (Å²) >= 11 is 0. The van der Waals surface area contributed by atoms with Crippen molar-refractivity contribution in [2.45, 2.75) is 12.7 Å². The first kappa shape index (κ1) is 16.6. The van der Waals surface area contributed by atoms with Gasteiger partial charge in [0, 0.05) is 6.20 Å². The van der Waals surface area contributed by atoms with Crippen LogP contribution in [0, 0.1) is 0 Å². The number of aromatic nitrogens is 4. The van der Waals surface area contributed by atoms with Crippen molar-refractivity contribution < 1.29 is 18.0 Å². The van der Waals surface area contributed by atoms with Crippen LogP contribution in [0.4, 0.5) is 13.2 Å². The van der Waals surface area contributed by atoms with Crippen LogP contribution in [0.25, 0.3) is 5.69 Å². The molecular formula is C16H12F3N5O. The van der Waals surface area contributed by atoms with Crippen molar-refractivity contribution in [3.05, 3.63) is 71.8 Å². The topological polar surface area (TPSA) is 72.7 Å². The molecule has 0 aliphatic carbocycles. The number of alkyl halides is 3. The first-order valence-electron chi connectivity index (χ1n) is 7.21. The van der Waals surface area contributed by atoms with E-state index in [1.807, 2.05) is 0 Å². The molecule has 0 fully saturated rings. The lowest BCUT2D eigenvalue weighted by Crippen LogP contribution is -2.23. The number of nitrogens with zero attached hydrogens (tertiary/aromatic N) is 4. The molecule has 2 heterocycles. The lowest BCUT2D eigenvalue weighted by atomic mass is 10.2. The average Bonchev–Trinajstić information content (AvgIpc) is 3.10. The molecule has 2 aromatic heterocycles. The highest BCUT2D eigenvalue weighted by Crippen LogP contribution is 2.30. The van der Waals surface area contributed by atoms with Gasteiger partial charge in [0.05, 0.1) is 29.7 Å². The fraction of sp³-hybridized carbons (Fsp3) is 0.125. The van der Waals surface area contributed by atoms with Crippen LogP contribution in [-0.4, -0.2) is 25.9 Å². The number of pyridine rings is 1. The summed E-state index contributed by atoms with van der Waals surface area (Å²) < 4.78 is 39.4. The van der Waals surface area contributed by atoms with Gasteiger partial charge in [-0.2, -0.15) is 13.2 Å². The summed E-state index contributed by atoms with van der Waals surface area (Å²) in [5.74, 6) is -0.496. The van der Waals surface area contributed by atoms with E-state index in [0.717, 1.165) is 16.8 Å². The molecule has 0 aliphatic heterocycles. The van der Waals surface area contributed by atoms with Gasteiger partial charge in [-0.1, -0.05) is 17.3 Å². The highest BCUT2D eigenvalue weighted by atomic mass is 19.4. The number of rotatable bonds is 4. The molecule has 0 saturated heterocycles.